The van der Waals surface area contributed by atoms with Crippen molar-refractivity contribution < 1.29 is 23.7 Å². The number of rotatable bonds is 7. The Morgan fingerprint density at radius 3 is 2.88 bits per heavy atom. The number of nitrogens with one attached hydrogen (secondary N) is 1. The second kappa shape index (κ2) is 9.43. The van der Waals surface area contributed by atoms with E-state index in [1.807, 2.05) is 18.2 Å². The molecule has 32 heavy (non-hydrogen) atoms. The summed E-state index contributed by atoms with van der Waals surface area (Å²) in [6.07, 6.45) is 0. The van der Waals surface area contributed by atoms with E-state index in [1.165, 1.54) is 19.2 Å². The van der Waals surface area contributed by atoms with Gasteiger partial charge in [0.25, 0.3) is 11.8 Å². The average Bonchev–Trinajstić information content (AvgIpc) is 3.33. The summed E-state index contributed by atoms with van der Waals surface area (Å²) in [5, 5.41) is 18.5. The van der Waals surface area contributed by atoms with Gasteiger partial charge < -0.3 is 24.2 Å². The van der Waals surface area contributed by atoms with Gasteiger partial charge in [-0.15, -0.1) is 0 Å². The van der Waals surface area contributed by atoms with Gasteiger partial charge in [0, 0.05) is 31.3 Å². The predicted molar refractivity (Wildman–Crippen MR) is 112 cm³/mol. The third-order valence-electron chi connectivity index (χ3n) is 5.03. The molecule has 1 atom stereocenters. The van der Waals surface area contributed by atoms with Crippen LogP contribution in [0.3, 0.4) is 0 Å². The molecule has 0 bridgehead atoms. The van der Waals surface area contributed by atoms with Crippen LogP contribution in [0.4, 0.5) is 5.69 Å². The summed E-state index contributed by atoms with van der Waals surface area (Å²) >= 11 is 0. The number of benzene rings is 2. The molecule has 11 heteroatoms. The number of nitrogens with zero attached hydrogens (tertiary/aromatic N) is 4. The van der Waals surface area contributed by atoms with Crippen LogP contribution in [-0.2, 0) is 4.79 Å². The molecule has 1 amide bonds. The van der Waals surface area contributed by atoms with Gasteiger partial charge in [-0.05, 0) is 24.3 Å². The molecule has 0 radical (unpaired) electrons. The molecule has 2 heterocycles. The second-order valence-electron chi connectivity index (χ2n) is 7.01. The van der Waals surface area contributed by atoms with Crippen molar-refractivity contribution >= 4 is 11.6 Å². The van der Waals surface area contributed by atoms with Crippen molar-refractivity contribution in [1.82, 2.24) is 20.4 Å². The molecule has 1 unspecified atom stereocenters. The predicted octanol–water partition coefficient (Wildman–Crippen LogP) is 2.21. The Morgan fingerprint density at radius 1 is 1.31 bits per heavy atom. The normalized spacial score (nSPS) is 15.9. The molecule has 4 rings (SSSR count). The average molecular weight is 439 g/mol. The Morgan fingerprint density at radius 2 is 2.12 bits per heavy atom. The van der Waals surface area contributed by atoms with E-state index in [0.29, 0.717) is 30.9 Å². The number of aromatic nitrogens is 2. The second-order valence-corrected chi connectivity index (χ2v) is 7.01. The Kier molecular flexibility index (Phi) is 6.26. The summed E-state index contributed by atoms with van der Waals surface area (Å²) in [6.45, 7) is 1.39. The Bertz CT molecular complexity index is 1100. The zero-order valence-electron chi connectivity index (χ0n) is 17.3. The summed E-state index contributed by atoms with van der Waals surface area (Å²) in [6, 6.07) is 13.0. The maximum absolute atomic E-state index is 12.8. The van der Waals surface area contributed by atoms with Crippen LogP contribution in [0.25, 0.3) is 11.4 Å². The van der Waals surface area contributed by atoms with E-state index in [9.17, 15) is 14.9 Å². The van der Waals surface area contributed by atoms with Crippen LogP contribution in [-0.4, -0.2) is 59.2 Å². The van der Waals surface area contributed by atoms with Gasteiger partial charge in [0.15, 0.2) is 12.4 Å². The van der Waals surface area contributed by atoms with E-state index in [-0.39, 0.29) is 35.7 Å². The minimum Gasteiger partial charge on any atom is -0.490 e. The number of hydrogen-bond donors (Lipinski definition) is 1. The smallest absolute Gasteiger partial charge is 0.311 e. The highest BCUT2D eigenvalue weighted by molar-refractivity contribution is 5.78. The number of para-hydroxylation sites is 1. The Labute approximate surface area is 183 Å². The van der Waals surface area contributed by atoms with Gasteiger partial charge >= 0.3 is 5.69 Å². The van der Waals surface area contributed by atoms with Gasteiger partial charge in [0.2, 0.25) is 5.82 Å². The van der Waals surface area contributed by atoms with E-state index < -0.39 is 11.0 Å². The lowest BCUT2D eigenvalue weighted by atomic mass is 10.1. The van der Waals surface area contributed by atoms with Crippen LogP contribution >= 0.6 is 0 Å². The van der Waals surface area contributed by atoms with Crippen LogP contribution in [0.5, 0.6) is 11.5 Å². The maximum atomic E-state index is 12.8. The number of nitro benzene ring substituents is 1. The number of nitro groups is 1. The fraction of sp³-hybridized carbons (Fsp3) is 0.286. The molecule has 1 saturated heterocycles. The van der Waals surface area contributed by atoms with Crippen LogP contribution in [0, 0.1) is 10.1 Å². The number of ether oxygens (including phenoxy) is 2. The third-order valence-corrected chi connectivity index (χ3v) is 5.03. The summed E-state index contributed by atoms with van der Waals surface area (Å²) in [4.78, 5) is 29.6. The fourth-order valence-electron chi connectivity index (χ4n) is 3.43. The van der Waals surface area contributed by atoms with E-state index in [1.54, 1.807) is 23.1 Å². The van der Waals surface area contributed by atoms with Gasteiger partial charge in [-0.25, -0.2) is 0 Å². The number of amides is 1. The standard InChI is InChI=1S/C21H21N5O6/c1-30-18-8-7-14(11-16(18)26(28)29)20-23-21(32-24-20)17-12-22-9-10-25(17)19(27)13-31-15-5-3-2-4-6-15/h2-8,11,17,22H,9-10,12-13H2,1H3. The highest BCUT2D eigenvalue weighted by Gasteiger charge is 2.32. The lowest BCUT2D eigenvalue weighted by Crippen LogP contribution is -2.50. The first-order valence-corrected chi connectivity index (χ1v) is 9.91. The molecule has 1 aliphatic rings. The minimum absolute atomic E-state index is 0.119. The van der Waals surface area contributed by atoms with Gasteiger partial charge in [0.1, 0.15) is 11.8 Å². The maximum Gasteiger partial charge on any atom is 0.311 e. The van der Waals surface area contributed by atoms with Crippen molar-refractivity contribution in [2.24, 2.45) is 0 Å². The Balaban J connectivity index is 1.52. The summed E-state index contributed by atoms with van der Waals surface area (Å²) in [7, 11) is 1.36. The van der Waals surface area contributed by atoms with Crippen molar-refractivity contribution in [1.29, 1.82) is 0 Å². The van der Waals surface area contributed by atoms with Crippen molar-refractivity contribution in [3.63, 3.8) is 0 Å². The number of carbonyl (C=O) groups excluding carboxylic acids is 1. The number of carbonyl (C=O) groups is 1. The van der Waals surface area contributed by atoms with Crippen LogP contribution in [0.2, 0.25) is 0 Å². The molecule has 0 aliphatic carbocycles. The monoisotopic (exact) mass is 439 g/mol. The zero-order valence-corrected chi connectivity index (χ0v) is 17.3. The molecule has 2 aromatic carbocycles. The molecule has 1 N–H and O–H groups in total. The van der Waals surface area contributed by atoms with Gasteiger partial charge in [0.05, 0.1) is 12.0 Å². The minimum atomic E-state index is -0.540. The SMILES string of the molecule is COc1ccc(-c2noc(C3CNCCN3C(=O)COc3ccccc3)n2)cc1[N+](=O)[O-]. The van der Waals surface area contributed by atoms with Crippen molar-refractivity contribution in [2.45, 2.75) is 6.04 Å². The first-order chi connectivity index (χ1) is 15.6. The number of hydrogen-bond acceptors (Lipinski definition) is 9. The Hall–Kier alpha value is -3.99. The first-order valence-electron chi connectivity index (χ1n) is 9.91. The van der Waals surface area contributed by atoms with Gasteiger partial charge in [-0.2, -0.15) is 4.98 Å². The quantitative estimate of drug-likeness (QED) is 0.434. The molecule has 0 saturated carbocycles. The van der Waals surface area contributed by atoms with Crippen molar-refractivity contribution in [2.75, 3.05) is 33.4 Å². The molecule has 3 aromatic rings. The topological polar surface area (TPSA) is 133 Å². The number of piperazine rings is 1. The van der Waals surface area contributed by atoms with Gasteiger partial charge in [-0.1, -0.05) is 23.4 Å². The zero-order chi connectivity index (χ0) is 22.5. The molecule has 166 valence electrons. The van der Waals surface area contributed by atoms with Crippen LogP contribution in [0.15, 0.2) is 53.1 Å². The molecule has 11 nitrogen and oxygen atoms in total. The molecule has 1 aromatic heterocycles. The number of methoxy groups -OCH3 is 1. The molecular weight excluding hydrogens is 418 g/mol. The van der Waals surface area contributed by atoms with Crippen molar-refractivity contribution in [3.8, 4) is 22.9 Å². The van der Waals surface area contributed by atoms with Crippen LogP contribution < -0.4 is 14.8 Å². The highest BCUT2D eigenvalue weighted by Crippen LogP contribution is 2.32. The summed E-state index contributed by atoms with van der Waals surface area (Å²) < 4.78 is 16.0. The molecule has 1 aliphatic heterocycles. The fourth-order valence-corrected chi connectivity index (χ4v) is 3.43. The van der Waals surface area contributed by atoms with E-state index in [2.05, 4.69) is 15.5 Å². The largest absolute Gasteiger partial charge is 0.490 e. The van der Waals surface area contributed by atoms with E-state index >= 15 is 0 Å². The lowest BCUT2D eigenvalue weighted by molar-refractivity contribution is -0.385. The first kappa shape index (κ1) is 21.2. The lowest BCUT2D eigenvalue weighted by Gasteiger charge is -2.33. The summed E-state index contributed by atoms with van der Waals surface area (Å²) in [5.74, 6) is 0.950. The van der Waals surface area contributed by atoms with Crippen LogP contribution in [0.1, 0.15) is 11.9 Å². The van der Waals surface area contributed by atoms with Gasteiger partial charge in [-0.3, -0.25) is 14.9 Å². The van der Waals surface area contributed by atoms with E-state index in [0.717, 1.165) is 0 Å². The van der Waals surface area contributed by atoms with E-state index in [4.69, 9.17) is 14.0 Å². The molecule has 1 fully saturated rings. The third kappa shape index (κ3) is 4.52. The summed E-state index contributed by atoms with van der Waals surface area (Å²) in [5.41, 5.74) is 0.201. The van der Waals surface area contributed by atoms with Crippen molar-refractivity contribution in [3.05, 3.63) is 64.5 Å². The highest BCUT2D eigenvalue weighted by atomic mass is 16.6. The molecule has 0 spiro atoms. The molecular formula is C21H21N5O6.